The Morgan fingerprint density at radius 2 is 1.68 bits per heavy atom. The monoisotopic (exact) mass is 477 g/mol. The highest BCUT2D eigenvalue weighted by Crippen LogP contribution is 2.43. The number of nitrogens with zero attached hydrogens (tertiary/aromatic N) is 1. The third-order valence-corrected chi connectivity index (χ3v) is 5.80. The van der Waals surface area contributed by atoms with Gasteiger partial charge in [-0.25, -0.2) is 0 Å². The summed E-state index contributed by atoms with van der Waals surface area (Å²) in [5, 5.41) is 11.3. The molecule has 6 heteroatoms. The lowest BCUT2D eigenvalue weighted by molar-refractivity contribution is -0.132. The molecule has 3 aromatic carbocycles. The third-order valence-electron chi connectivity index (χ3n) is 5.27. The third kappa shape index (κ3) is 3.75. The van der Waals surface area contributed by atoms with Gasteiger partial charge in [0.05, 0.1) is 24.3 Å². The van der Waals surface area contributed by atoms with Gasteiger partial charge in [-0.1, -0.05) is 57.9 Å². The highest BCUT2D eigenvalue weighted by molar-refractivity contribution is 9.10. The summed E-state index contributed by atoms with van der Waals surface area (Å²) in [6.45, 7) is 1.88. The largest absolute Gasteiger partial charge is 0.507 e. The van der Waals surface area contributed by atoms with Crippen molar-refractivity contribution in [2.24, 2.45) is 0 Å². The number of aliphatic hydroxyl groups excluding tert-OH is 1. The van der Waals surface area contributed by atoms with Crippen LogP contribution in [-0.4, -0.2) is 23.9 Å². The molecular formula is C25H20BrNO4. The van der Waals surface area contributed by atoms with E-state index in [-0.39, 0.29) is 11.3 Å². The molecule has 1 N–H and O–H groups in total. The number of ether oxygens (including phenoxy) is 1. The first-order valence-electron chi connectivity index (χ1n) is 9.69. The summed E-state index contributed by atoms with van der Waals surface area (Å²) in [4.78, 5) is 27.7. The van der Waals surface area contributed by atoms with Crippen molar-refractivity contribution in [2.75, 3.05) is 12.0 Å². The number of methoxy groups -OCH3 is 1. The van der Waals surface area contributed by atoms with E-state index >= 15 is 0 Å². The van der Waals surface area contributed by atoms with Crippen LogP contribution in [0.15, 0.2) is 82.8 Å². The van der Waals surface area contributed by atoms with Gasteiger partial charge in [-0.2, -0.15) is 0 Å². The lowest BCUT2D eigenvalue weighted by atomic mass is 9.94. The number of rotatable bonds is 4. The number of aryl methyl sites for hydroxylation is 1. The highest BCUT2D eigenvalue weighted by Gasteiger charge is 2.47. The van der Waals surface area contributed by atoms with Crippen molar-refractivity contribution in [3.05, 3.63) is 99.5 Å². The van der Waals surface area contributed by atoms with E-state index in [4.69, 9.17) is 4.74 Å². The van der Waals surface area contributed by atoms with Crippen molar-refractivity contribution in [1.29, 1.82) is 0 Å². The van der Waals surface area contributed by atoms with E-state index in [1.165, 1.54) is 12.0 Å². The van der Waals surface area contributed by atoms with E-state index in [2.05, 4.69) is 15.9 Å². The second-order valence-corrected chi connectivity index (χ2v) is 8.18. The van der Waals surface area contributed by atoms with Crippen LogP contribution >= 0.6 is 15.9 Å². The molecule has 1 aliphatic heterocycles. The fraction of sp³-hybridized carbons (Fsp3) is 0.120. The number of carbonyl (C=O) groups excluding carboxylic acids is 2. The molecule has 1 unspecified atom stereocenters. The molecule has 4 rings (SSSR count). The molecule has 0 bridgehead atoms. The SMILES string of the molecule is COc1ccc(C)cc1/C(O)=C1\C(=O)C(=O)N(c2ccccc2)C1c1ccc(Br)cc1. The molecule has 31 heavy (non-hydrogen) atoms. The number of hydrogen-bond acceptors (Lipinski definition) is 4. The van der Waals surface area contributed by atoms with Crippen molar-refractivity contribution < 1.29 is 19.4 Å². The summed E-state index contributed by atoms with van der Waals surface area (Å²) in [6, 6.07) is 20.9. The van der Waals surface area contributed by atoms with Crippen LogP contribution in [0.4, 0.5) is 5.69 Å². The van der Waals surface area contributed by atoms with E-state index in [0.717, 1.165) is 10.0 Å². The molecule has 0 aliphatic carbocycles. The zero-order valence-corrected chi connectivity index (χ0v) is 18.6. The van der Waals surface area contributed by atoms with Crippen LogP contribution in [-0.2, 0) is 9.59 Å². The maximum atomic E-state index is 13.2. The molecule has 1 atom stereocenters. The second kappa shape index (κ2) is 8.40. The summed E-state index contributed by atoms with van der Waals surface area (Å²) in [7, 11) is 1.50. The van der Waals surface area contributed by atoms with Crippen molar-refractivity contribution in [3.8, 4) is 5.75 Å². The van der Waals surface area contributed by atoms with Crippen molar-refractivity contribution >= 4 is 39.1 Å². The maximum absolute atomic E-state index is 13.2. The maximum Gasteiger partial charge on any atom is 0.300 e. The van der Waals surface area contributed by atoms with Gasteiger partial charge in [-0.15, -0.1) is 0 Å². The molecule has 1 heterocycles. The predicted molar refractivity (Wildman–Crippen MR) is 123 cm³/mol. The van der Waals surface area contributed by atoms with E-state index in [9.17, 15) is 14.7 Å². The Morgan fingerprint density at radius 1 is 1.00 bits per heavy atom. The fourth-order valence-corrected chi connectivity index (χ4v) is 4.06. The Kier molecular flexibility index (Phi) is 5.65. The molecule has 1 saturated heterocycles. The molecular weight excluding hydrogens is 458 g/mol. The van der Waals surface area contributed by atoms with Crippen LogP contribution in [0, 0.1) is 6.92 Å². The van der Waals surface area contributed by atoms with Gasteiger partial charge in [0, 0.05) is 10.2 Å². The van der Waals surface area contributed by atoms with Gasteiger partial charge >= 0.3 is 0 Å². The quantitative estimate of drug-likeness (QED) is 0.310. The standard InChI is InChI=1S/C25H20BrNO4/c1-15-8-13-20(31-2)19(14-15)23(28)21-22(16-9-11-17(26)12-10-16)27(25(30)24(21)29)18-6-4-3-5-7-18/h3-14,22,28H,1-2H3/b23-21+. The van der Waals surface area contributed by atoms with Crippen LogP contribution < -0.4 is 9.64 Å². The molecule has 1 fully saturated rings. The average Bonchev–Trinajstić information content (AvgIpc) is 3.05. The first-order valence-corrected chi connectivity index (χ1v) is 10.5. The van der Waals surface area contributed by atoms with E-state index < -0.39 is 17.7 Å². The highest BCUT2D eigenvalue weighted by atomic mass is 79.9. The minimum atomic E-state index is -0.777. The summed E-state index contributed by atoms with van der Waals surface area (Å²) < 4.78 is 6.27. The molecule has 156 valence electrons. The molecule has 5 nitrogen and oxygen atoms in total. The molecule has 0 spiro atoms. The van der Waals surface area contributed by atoms with Crippen molar-refractivity contribution in [2.45, 2.75) is 13.0 Å². The molecule has 0 saturated carbocycles. The van der Waals surface area contributed by atoms with Gasteiger partial charge in [0.15, 0.2) is 0 Å². The minimum Gasteiger partial charge on any atom is -0.507 e. The molecule has 0 aromatic heterocycles. The number of hydrogen-bond donors (Lipinski definition) is 1. The zero-order valence-electron chi connectivity index (χ0n) is 17.0. The molecule has 1 amide bonds. The first-order chi connectivity index (χ1) is 14.9. The average molecular weight is 478 g/mol. The van der Waals surface area contributed by atoms with Crippen molar-refractivity contribution in [3.63, 3.8) is 0 Å². The Morgan fingerprint density at radius 3 is 2.32 bits per heavy atom. The first kappa shape index (κ1) is 20.9. The second-order valence-electron chi connectivity index (χ2n) is 7.26. The number of benzene rings is 3. The van der Waals surface area contributed by atoms with Gasteiger partial charge in [-0.05, 0) is 48.9 Å². The van der Waals surface area contributed by atoms with Gasteiger partial charge in [-0.3, -0.25) is 14.5 Å². The Hall–Kier alpha value is -3.38. The minimum absolute atomic E-state index is 0.0278. The predicted octanol–water partition coefficient (Wildman–Crippen LogP) is 5.39. The number of halogens is 1. The number of para-hydroxylation sites is 1. The van der Waals surface area contributed by atoms with Crippen LogP contribution in [0.25, 0.3) is 5.76 Å². The van der Waals surface area contributed by atoms with Gasteiger partial charge in [0.25, 0.3) is 11.7 Å². The number of Topliss-reactive ketones (excluding diaryl/α,β-unsaturated/α-hetero) is 1. The summed E-state index contributed by atoms with van der Waals surface area (Å²) in [5.41, 5.74) is 2.57. The Labute approximate surface area is 188 Å². The summed E-state index contributed by atoms with van der Waals surface area (Å²) in [6.07, 6.45) is 0. The molecule has 1 aliphatic rings. The van der Waals surface area contributed by atoms with Gasteiger partial charge in [0.1, 0.15) is 11.5 Å². The van der Waals surface area contributed by atoms with Crippen LogP contribution in [0.3, 0.4) is 0 Å². The van der Waals surface area contributed by atoms with E-state index in [0.29, 0.717) is 22.6 Å². The lowest BCUT2D eigenvalue weighted by Gasteiger charge is -2.25. The molecule has 0 radical (unpaired) electrons. The normalized spacial score (nSPS) is 17.8. The summed E-state index contributed by atoms with van der Waals surface area (Å²) in [5.74, 6) is -1.26. The van der Waals surface area contributed by atoms with Crippen LogP contribution in [0.2, 0.25) is 0 Å². The van der Waals surface area contributed by atoms with Crippen LogP contribution in [0.1, 0.15) is 22.7 Å². The fourth-order valence-electron chi connectivity index (χ4n) is 3.80. The number of anilines is 1. The number of ketones is 1. The number of amides is 1. The van der Waals surface area contributed by atoms with E-state index in [1.807, 2.05) is 43.3 Å². The van der Waals surface area contributed by atoms with Crippen molar-refractivity contribution in [1.82, 2.24) is 0 Å². The van der Waals surface area contributed by atoms with E-state index in [1.54, 1.807) is 36.4 Å². The van der Waals surface area contributed by atoms with Crippen LogP contribution in [0.5, 0.6) is 5.75 Å². The summed E-state index contributed by atoms with van der Waals surface area (Å²) >= 11 is 3.42. The lowest BCUT2D eigenvalue weighted by Crippen LogP contribution is -2.29. The van der Waals surface area contributed by atoms with Gasteiger partial charge < -0.3 is 9.84 Å². The topological polar surface area (TPSA) is 66.8 Å². The Bertz CT molecular complexity index is 1190. The smallest absolute Gasteiger partial charge is 0.300 e. The number of aliphatic hydroxyl groups is 1. The number of carbonyl (C=O) groups is 2. The van der Waals surface area contributed by atoms with Gasteiger partial charge in [0.2, 0.25) is 0 Å². The molecule has 3 aromatic rings. The zero-order chi connectivity index (χ0) is 22.1. The Balaban J connectivity index is 1.98.